The van der Waals surface area contributed by atoms with Crippen LogP contribution in [0.4, 0.5) is 0 Å². The molecule has 0 saturated carbocycles. The van der Waals surface area contributed by atoms with Crippen molar-refractivity contribution in [3.05, 3.63) is 23.5 Å². The molecule has 120 valence electrons. The third-order valence-corrected chi connectivity index (χ3v) is 4.19. The molecule has 0 aromatic rings. The zero-order valence-corrected chi connectivity index (χ0v) is 13.6. The highest BCUT2D eigenvalue weighted by Gasteiger charge is 2.12. The van der Waals surface area contributed by atoms with Gasteiger partial charge < -0.3 is 19.3 Å². The molecule has 0 atom stereocenters. The van der Waals surface area contributed by atoms with E-state index in [0.717, 1.165) is 38.2 Å². The van der Waals surface area contributed by atoms with Gasteiger partial charge in [-0.25, -0.2) is 0 Å². The van der Waals surface area contributed by atoms with Crippen molar-refractivity contribution in [3.63, 3.8) is 0 Å². The number of likely N-dealkylation sites (N-methyl/N-ethyl adjacent to an activating group) is 1. The van der Waals surface area contributed by atoms with Crippen molar-refractivity contribution < 1.29 is 9.47 Å². The van der Waals surface area contributed by atoms with E-state index in [4.69, 9.17) is 9.47 Å². The Labute approximate surface area is 129 Å². The molecule has 0 bridgehead atoms. The molecule has 4 heteroatoms. The van der Waals surface area contributed by atoms with Gasteiger partial charge in [0, 0.05) is 45.8 Å². The fourth-order valence-electron chi connectivity index (χ4n) is 2.64. The second-order valence-corrected chi connectivity index (χ2v) is 6.11. The van der Waals surface area contributed by atoms with Crippen molar-refractivity contribution >= 4 is 0 Å². The second-order valence-electron chi connectivity index (χ2n) is 6.11. The third-order valence-electron chi connectivity index (χ3n) is 4.19. The lowest BCUT2D eigenvalue weighted by Gasteiger charge is -2.32. The Morgan fingerprint density at radius 2 is 1.81 bits per heavy atom. The smallest absolute Gasteiger partial charge is 0.111 e. The van der Waals surface area contributed by atoms with Crippen molar-refractivity contribution in [2.45, 2.75) is 26.2 Å². The molecule has 0 radical (unpaired) electrons. The van der Waals surface area contributed by atoms with E-state index < -0.39 is 0 Å². The summed E-state index contributed by atoms with van der Waals surface area (Å²) in [5.41, 5.74) is 1.43. The van der Waals surface area contributed by atoms with E-state index in [-0.39, 0.29) is 0 Å². The summed E-state index contributed by atoms with van der Waals surface area (Å²) in [6, 6.07) is 0. The minimum absolute atomic E-state index is 0.674. The summed E-state index contributed by atoms with van der Waals surface area (Å²) < 4.78 is 11.4. The first-order valence-corrected chi connectivity index (χ1v) is 8.22. The van der Waals surface area contributed by atoms with Gasteiger partial charge in [0.05, 0.1) is 12.4 Å². The second kappa shape index (κ2) is 9.23. The topological polar surface area (TPSA) is 24.9 Å². The quantitative estimate of drug-likeness (QED) is 0.641. The number of ether oxygens (including phenoxy) is 2. The monoisotopic (exact) mass is 294 g/mol. The van der Waals surface area contributed by atoms with Gasteiger partial charge in [0.25, 0.3) is 0 Å². The standard InChI is InChI=1S/C17H30N2O2/c1-16-4-6-17(7-5-16)21-15-14-20-13-3-8-19-11-9-18(2)10-12-19/h4,6H,3,5,7-15H2,1-2H3. The maximum absolute atomic E-state index is 5.72. The fraction of sp³-hybridized carbons (Fsp3) is 0.765. The molecular formula is C17H30N2O2. The zero-order valence-electron chi connectivity index (χ0n) is 13.6. The molecule has 21 heavy (non-hydrogen) atoms. The lowest BCUT2D eigenvalue weighted by molar-refractivity contribution is 0.0641. The van der Waals surface area contributed by atoms with Crippen molar-refractivity contribution in [2.24, 2.45) is 0 Å². The Morgan fingerprint density at radius 3 is 2.52 bits per heavy atom. The van der Waals surface area contributed by atoms with E-state index in [2.05, 4.69) is 35.9 Å². The molecule has 0 aromatic carbocycles. The highest BCUT2D eigenvalue weighted by Crippen LogP contribution is 2.18. The van der Waals surface area contributed by atoms with Crippen LogP contribution in [0.5, 0.6) is 0 Å². The van der Waals surface area contributed by atoms with Gasteiger partial charge in [-0.05, 0) is 32.9 Å². The van der Waals surface area contributed by atoms with Crippen LogP contribution >= 0.6 is 0 Å². The summed E-state index contributed by atoms with van der Waals surface area (Å²) in [4.78, 5) is 4.92. The van der Waals surface area contributed by atoms with E-state index in [1.165, 1.54) is 31.8 Å². The lowest BCUT2D eigenvalue weighted by Crippen LogP contribution is -2.44. The van der Waals surface area contributed by atoms with E-state index in [0.29, 0.717) is 13.2 Å². The van der Waals surface area contributed by atoms with Crippen LogP contribution in [0.15, 0.2) is 23.5 Å². The molecule has 1 saturated heterocycles. The van der Waals surface area contributed by atoms with E-state index >= 15 is 0 Å². The van der Waals surface area contributed by atoms with E-state index in [9.17, 15) is 0 Å². The lowest BCUT2D eigenvalue weighted by atomic mass is 10.1. The maximum Gasteiger partial charge on any atom is 0.111 e. The highest BCUT2D eigenvalue weighted by molar-refractivity contribution is 5.19. The van der Waals surface area contributed by atoms with Gasteiger partial charge in [-0.1, -0.05) is 11.6 Å². The third kappa shape index (κ3) is 6.64. The molecule has 1 heterocycles. The van der Waals surface area contributed by atoms with Crippen LogP contribution in [0.25, 0.3) is 0 Å². The number of hydrogen-bond donors (Lipinski definition) is 0. The Balaban J connectivity index is 1.42. The number of hydrogen-bond acceptors (Lipinski definition) is 4. The van der Waals surface area contributed by atoms with Crippen LogP contribution < -0.4 is 0 Å². The minimum atomic E-state index is 0.674. The molecular weight excluding hydrogens is 264 g/mol. The average Bonchev–Trinajstić information content (AvgIpc) is 2.50. The van der Waals surface area contributed by atoms with Crippen molar-refractivity contribution in [1.29, 1.82) is 0 Å². The van der Waals surface area contributed by atoms with Crippen LogP contribution in [0, 0.1) is 0 Å². The summed E-state index contributed by atoms with van der Waals surface area (Å²) in [5, 5.41) is 0. The van der Waals surface area contributed by atoms with Crippen LogP contribution in [-0.4, -0.2) is 69.4 Å². The Kier molecular flexibility index (Phi) is 7.27. The molecule has 1 fully saturated rings. The predicted molar refractivity (Wildman–Crippen MR) is 86.4 cm³/mol. The fourth-order valence-corrected chi connectivity index (χ4v) is 2.64. The van der Waals surface area contributed by atoms with Crippen LogP contribution in [-0.2, 0) is 9.47 Å². The average molecular weight is 294 g/mol. The molecule has 1 aliphatic carbocycles. The predicted octanol–water partition coefficient (Wildman–Crippen LogP) is 2.28. The maximum atomic E-state index is 5.72. The Bertz CT molecular complexity index is 358. The summed E-state index contributed by atoms with van der Waals surface area (Å²) in [6.45, 7) is 10.3. The first kappa shape index (κ1) is 16.5. The van der Waals surface area contributed by atoms with Gasteiger partial charge >= 0.3 is 0 Å². The molecule has 2 aliphatic rings. The number of allylic oxidation sites excluding steroid dienone is 4. The van der Waals surface area contributed by atoms with Crippen molar-refractivity contribution in [3.8, 4) is 0 Å². The molecule has 0 aromatic heterocycles. The summed E-state index contributed by atoms with van der Waals surface area (Å²) in [7, 11) is 2.19. The zero-order chi connectivity index (χ0) is 14.9. The van der Waals surface area contributed by atoms with Crippen LogP contribution in [0.3, 0.4) is 0 Å². The Hall–Kier alpha value is -0.840. The van der Waals surface area contributed by atoms with Gasteiger partial charge in [0.2, 0.25) is 0 Å². The SMILES string of the molecule is CC1=CC=C(OCCOCCCN2CCN(C)CC2)CC1. The van der Waals surface area contributed by atoms with Gasteiger partial charge in [0.15, 0.2) is 0 Å². The molecule has 0 N–H and O–H groups in total. The van der Waals surface area contributed by atoms with Gasteiger partial charge in [-0.2, -0.15) is 0 Å². The molecule has 0 amide bonds. The van der Waals surface area contributed by atoms with Gasteiger partial charge in [0.1, 0.15) is 6.61 Å². The van der Waals surface area contributed by atoms with Gasteiger partial charge in [-0.15, -0.1) is 0 Å². The molecule has 0 spiro atoms. The molecule has 1 aliphatic heterocycles. The number of piperazine rings is 1. The number of nitrogens with zero attached hydrogens (tertiary/aromatic N) is 2. The first-order valence-electron chi connectivity index (χ1n) is 8.22. The highest BCUT2D eigenvalue weighted by atomic mass is 16.5. The van der Waals surface area contributed by atoms with Gasteiger partial charge in [-0.3, -0.25) is 0 Å². The van der Waals surface area contributed by atoms with E-state index in [1.807, 2.05) is 0 Å². The summed E-state index contributed by atoms with van der Waals surface area (Å²) in [5.74, 6) is 1.10. The molecule has 0 unspecified atom stereocenters. The minimum Gasteiger partial charge on any atom is -0.496 e. The largest absolute Gasteiger partial charge is 0.496 e. The van der Waals surface area contributed by atoms with E-state index in [1.54, 1.807) is 0 Å². The van der Waals surface area contributed by atoms with Crippen LogP contribution in [0.1, 0.15) is 26.2 Å². The first-order chi connectivity index (χ1) is 10.2. The Morgan fingerprint density at radius 1 is 1.00 bits per heavy atom. The van der Waals surface area contributed by atoms with Crippen molar-refractivity contribution in [2.75, 3.05) is 59.6 Å². The summed E-state index contributed by atoms with van der Waals surface area (Å²) >= 11 is 0. The summed E-state index contributed by atoms with van der Waals surface area (Å²) in [6.07, 6.45) is 7.51. The number of rotatable bonds is 8. The van der Waals surface area contributed by atoms with Crippen molar-refractivity contribution in [1.82, 2.24) is 9.80 Å². The van der Waals surface area contributed by atoms with Crippen LogP contribution in [0.2, 0.25) is 0 Å². The normalized spacial score (nSPS) is 21.0. The molecule has 2 rings (SSSR count). The molecule has 4 nitrogen and oxygen atoms in total.